The zero-order chi connectivity index (χ0) is 13.8. The highest BCUT2D eigenvalue weighted by Gasteiger charge is 2.33. The van der Waals surface area contributed by atoms with Gasteiger partial charge in [-0.1, -0.05) is 6.92 Å². The van der Waals surface area contributed by atoms with Crippen LogP contribution in [-0.2, 0) is 14.3 Å². The number of nitrogens with one attached hydrogen (secondary N) is 1. The highest BCUT2D eigenvalue weighted by Crippen LogP contribution is 2.20. The summed E-state index contributed by atoms with van der Waals surface area (Å²) in [6.45, 7) is 4.27. The van der Waals surface area contributed by atoms with Gasteiger partial charge in [0.1, 0.15) is 6.04 Å². The van der Waals surface area contributed by atoms with E-state index in [2.05, 4.69) is 12.2 Å². The van der Waals surface area contributed by atoms with E-state index in [1.807, 2.05) is 0 Å². The van der Waals surface area contributed by atoms with Gasteiger partial charge in [0.15, 0.2) is 0 Å². The summed E-state index contributed by atoms with van der Waals surface area (Å²) in [6, 6.07) is -0.405. The van der Waals surface area contributed by atoms with Gasteiger partial charge in [0.25, 0.3) is 0 Å². The summed E-state index contributed by atoms with van der Waals surface area (Å²) in [5, 5.41) is 3.39. The van der Waals surface area contributed by atoms with E-state index in [-0.39, 0.29) is 18.6 Å². The number of amides is 2. The Morgan fingerprint density at radius 2 is 2.26 bits per heavy atom. The molecule has 108 valence electrons. The van der Waals surface area contributed by atoms with E-state index in [0.29, 0.717) is 25.5 Å². The second kappa shape index (κ2) is 6.34. The third kappa shape index (κ3) is 3.45. The topological polar surface area (TPSA) is 84.7 Å². The average molecular weight is 269 g/mol. The first-order valence-electron chi connectivity index (χ1n) is 6.99. The summed E-state index contributed by atoms with van der Waals surface area (Å²) in [6.07, 6.45) is 2.74. The summed E-state index contributed by atoms with van der Waals surface area (Å²) in [7, 11) is 0. The van der Waals surface area contributed by atoms with Crippen LogP contribution in [0.4, 0.5) is 0 Å². The number of carbonyl (C=O) groups excluding carboxylic acids is 2. The molecule has 6 nitrogen and oxygen atoms in total. The van der Waals surface area contributed by atoms with Gasteiger partial charge in [-0.25, -0.2) is 0 Å². The number of nitrogens with zero attached hydrogens (tertiary/aromatic N) is 1. The molecule has 2 heterocycles. The predicted molar refractivity (Wildman–Crippen MR) is 70.3 cm³/mol. The number of hydrogen-bond donors (Lipinski definition) is 2. The zero-order valence-corrected chi connectivity index (χ0v) is 11.4. The van der Waals surface area contributed by atoms with Crippen LogP contribution in [-0.4, -0.2) is 55.1 Å². The van der Waals surface area contributed by atoms with E-state index in [1.165, 1.54) is 0 Å². The molecule has 2 rings (SSSR count). The average Bonchev–Trinajstić information content (AvgIpc) is 2.41. The van der Waals surface area contributed by atoms with Gasteiger partial charge in [-0.15, -0.1) is 0 Å². The highest BCUT2D eigenvalue weighted by molar-refractivity contribution is 5.87. The lowest BCUT2D eigenvalue weighted by Crippen LogP contribution is -2.56. The lowest BCUT2D eigenvalue weighted by molar-refractivity contribution is -0.147. The van der Waals surface area contributed by atoms with Crippen molar-refractivity contribution in [2.45, 2.75) is 38.3 Å². The van der Waals surface area contributed by atoms with Crippen molar-refractivity contribution in [3.8, 4) is 0 Å². The third-order valence-electron chi connectivity index (χ3n) is 4.10. The van der Waals surface area contributed by atoms with E-state index in [0.717, 1.165) is 19.4 Å². The van der Waals surface area contributed by atoms with E-state index in [9.17, 15) is 9.59 Å². The number of piperidine rings is 1. The Morgan fingerprint density at radius 3 is 2.95 bits per heavy atom. The van der Waals surface area contributed by atoms with Crippen molar-refractivity contribution in [2.24, 2.45) is 11.7 Å². The van der Waals surface area contributed by atoms with Crippen molar-refractivity contribution in [3.63, 3.8) is 0 Å². The summed E-state index contributed by atoms with van der Waals surface area (Å²) >= 11 is 0. The van der Waals surface area contributed by atoms with Gasteiger partial charge in [0.2, 0.25) is 11.8 Å². The quantitative estimate of drug-likeness (QED) is 0.722. The molecule has 2 amide bonds. The predicted octanol–water partition coefficient (Wildman–Crippen LogP) is -0.523. The molecule has 0 aromatic rings. The molecule has 3 unspecified atom stereocenters. The first-order valence-corrected chi connectivity index (χ1v) is 6.99. The second-order valence-electron chi connectivity index (χ2n) is 5.46. The van der Waals surface area contributed by atoms with Crippen molar-refractivity contribution in [1.29, 1.82) is 0 Å². The minimum absolute atomic E-state index is 0.00153. The Kier molecular flexibility index (Phi) is 4.76. The molecule has 0 aromatic heterocycles. The van der Waals surface area contributed by atoms with Gasteiger partial charge in [-0.05, 0) is 25.3 Å². The number of rotatable bonds is 3. The van der Waals surface area contributed by atoms with Crippen LogP contribution >= 0.6 is 0 Å². The molecule has 6 heteroatoms. The van der Waals surface area contributed by atoms with Crippen molar-refractivity contribution in [2.75, 3.05) is 26.3 Å². The number of carbonyl (C=O) groups is 2. The molecule has 0 radical (unpaired) electrons. The number of hydrogen-bond acceptors (Lipinski definition) is 4. The van der Waals surface area contributed by atoms with Gasteiger partial charge in [-0.2, -0.15) is 0 Å². The first-order chi connectivity index (χ1) is 9.09. The van der Waals surface area contributed by atoms with Gasteiger partial charge in [0.05, 0.1) is 13.2 Å². The summed E-state index contributed by atoms with van der Waals surface area (Å²) in [5.74, 6) is 0.00169. The first kappa shape index (κ1) is 14.3. The maximum absolute atomic E-state index is 12.3. The molecule has 19 heavy (non-hydrogen) atoms. The van der Waals surface area contributed by atoms with Crippen LogP contribution in [0.3, 0.4) is 0 Å². The molecule has 2 fully saturated rings. The van der Waals surface area contributed by atoms with E-state index in [1.54, 1.807) is 4.90 Å². The van der Waals surface area contributed by atoms with Crippen molar-refractivity contribution in [1.82, 2.24) is 10.2 Å². The molecular formula is C13H23N3O3. The van der Waals surface area contributed by atoms with Crippen molar-refractivity contribution >= 4 is 11.8 Å². The molecule has 0 aromatic carbocycles. The smallest absolute Gasteiger partial charge is 0.242 e. The Labute approximate surface area is 113 Å². The molecule has 3 N–H and O–H groups in total. The van der Waals surface area contributed by atoms with E-state index >= 15 is 0 Å². The fourth-order valence-corrected chi connectivity index (χ4v) is 2.83. The maximum atomic E-state index is 12.3. The summed E-state index contributed by atoms with van der Waals surface area (Å²) < 4.78 is 5.22. The molecule has 0 saturated carbocycles. The minimum atomic E-state index is -0.611. The van der Waals surface area contributed by atoms with Crippen LogP contribution in [0.25, 0.3) is 0 Å². The highest BCUT2D eigenvalue weighted by atomic mass is 16.5. The largest absolute Gasteiger partial charge is 0.377 e. The summed E-state index contributed by atoms with van der Waals surface area (Å²) in [4.78, 5) is 25.3. The van der Waals surface area contributed by atoms with Gasteiger partial charge < -0.3 is 20.7 Å². The lowest BCUT2D eigenvalue weighted by Gasteiger charge is -2.36. The Balaban J connectivity index is 1.95. The van der Waals surface area contributed by atoms with Gasteiger partial charge in [0, 0.05) is 19.0 Å². The van der Waals surface area contributed by atoms with Crippen LogP contribution in [0.5, 0.6) is 0 Å². The Bertz CT molecular complexity index is 348. The fraction of sp³-hybridized carbons (Fsp3) is 0.846. The second-order valence-corrected chi connectivity index (χ2v) is 5.46. The van der Waals surface area contributed by atoms with E-state index in [4.69, 9.17) is 10.5 Å². The van der Waals surface area contributed by atoms with Crippen molar-refractivity contribution < 1.29 is 14.3 Å². The normalized spacial score (nSPS) is 32.1. The molecule has 0 aliphatic carbocycles. The van der Waals surface area contributed by atoms with Crippen LogP contribution in [0, 0.1) is 5.92 Å². The molecule has 2 aliphatic heterocycles. The molecule has 0 spiro atoms. The SMILES string of the molecule is CC1CCCNC1CC(=O)N1CCOCC1C(N)=O. The minimum Gasteiger partial charge on any atom is -0.377 e. The molecule has 3 atom stereocenters. The number of ether oxygens (including phenoxy) is 1. The zero-order valence-electron chi connectivity index (χ0n) is 11.4. The molecule has 2 aliphatic rings. The van der Waals surface area contributed by atoms with Gasteiger partial charge >= 0.3 is 0 Å². The monoisotopic (exact) mass is 269 g/mol. The fourth-order valence-electron chi connectivity index (χ4n) is 2.83. The van der Waals surface area contributed by atoms with Crippen LogP contribution in [0.1, 0.15) is 26.2 Å². The summed E-state index contributed by atoms with van der Waals surface area (Å²) in [5.41, 5.74) is 5.33. The number of morpholine rings is 1. The van der Waals surface area contributed by atoms with Crippen LogP contribution in [0.15, 0.2) is 0 Å². The molecule has 2 saturated heterocycles. The Morgan fingerprint density at radius 1 is 1.47 bits per heavy atom. The van der Waals surface area contributed by atoms with Crippen molar-refractivity contribution in [3.05, 3.63) is 0 Å². The van der Waals surface area contributed by atoms with E-state index < -0.39 is 11.9 Å². The Hall–Kier alpha value is -1.14. The standard InChI is InChI=1S/C13H23N3O3/c1-9-3-2-4-15-10(9)7-12(17)16-5-6-19-8-11(16)13(14)18/h9-11,15H,2-8H2,1H3,(H2,14,18). The lowest BCUT2D eigenvalue weighted by atomic mass is 9.90. The number of primary amides is 1. The molecule has 0 bridgehead atoms. The number of nitrogens with two attached hydrogens (primary N) is 1. The molecular weight excluding hydrogens is 246 g/mol. The maximum Gasteiger partial charge on any atom is 0.242 e. The van der Waals surface area contributed by atoms with Crippen LogP contribution in [0.2, 0.25) is 0 Å². The van der Waals surface area contributed by atoms with Crippen LogP contribution < -0.4 is 11.1 Å². The van der Waals surface area contributed by atoms with Gasteiger partial charge in [-0.3, -0.25) is 9.59 Å². The third-order valence-corrected chi connectivity index (χ3v) is 4.10.